The van der Waals surface area contributed by atoms with Crippen LogP contribution in [0.3, 0.4) is 0 Å². The van der Waals surface area contributed by atoms with Crippen LogP contribution in [0.15, 0.2) is 18.5 Å². The van der Waals surface area contributed by atoms with Gasteiger partial charge >= 0.3 is 14.0 Å². The standard InChI is InChI=1S/C22H35N4O10P/c1-20(2,3)35-37(30,36-21(4,5)6)33-12-32-19(29)31-10-14-16(27)17(28)22(7,34-14)15-9-8-13-18(23)24-11-25-26(13)15/h8-9,11,14,16-17,27-28H,10,12H2,1-7H3,(H2,23,24,25)/t14-,16-,17-,22+/m1/s1. The zero-order valence-electron chi connectivity index (χ0n) is 21.9. The first-order valence-corrected chi connectivity index (χ1v) is 13.0. The number of rotatable bonds is 8. The Hall–Kier alpha value is -2.32. The molecule has 1 aliphatic heterocycles. The smallest absolute Gasteiger partial charge is 0.431 e. The maximum absolute atomic E-state index is 13.0. The Morgan fingerprint density at radius 1 is 1.16 bits per heavy atom. The van der Waals surface area contributed by atoms with E-state index in [1.165, 1.54) is 10.8 Å². The monoisotopic (exact) mass is 546 g/mol. The average molecular weight is 547 g/mol. The predicted octanol–water partition coefficient (Wildman–Crippen LogP) is 2.51. The Labute approximate surface area is 214 Å². The summed E-state index contributed by atoms with van der Waals surface area (Å²) in [5.74, 6) is 0.230. The molecule has 14 nitrogen and oxygen atoms in total. The van der Waals surface area contributed by atoms with E-state index in [1.807, 2.05) is 0 Å². The molecule has 2 aromatic heterocycles. The highest BCUT2D eigenvalue weighted by atomic mass is 31.2. The topological polar surface area (TPSA) is 186 Å². The molecule has 15 heteroatoms. The molecule has 0 spiro atoms. The number of aliphatic hydroxyl groups is 2. The zero-order valence-corrected chi connectivity index (χ0v) is 22.8. The van der Waals surface area contributed by atoms with Crippen molar-refractivity contribution in [3.63, 3.8) is 0 Å². The number of carbonyl (C=O) groups is 1. The molecule has 0 saturated carbocycles. The first-order chi connectivity index (χ1) is 16.9. The number of aliphatic hydroxyl groups excluding tert-OH is 2. The summed E-state index contributed by atoms with van der Waals surface area (Å²) in [6.07, 6.45) is -3.82. The van der Waals surface area contributed by atoms with Crippen molar-refractivity contribution in [2.24, 2.45) is 0 Å². The van der Waals surface area contributed by atoms with E-state index in [4.69, 9.17) is 33.5 Å². The second kappa shape index (κ2) is 10.4. The van der Waals surface area contributed by atoms with E-state index < -0.39 is 62.5 Å². The second-order valence-corrected chi connectivity index (χ2v) is 12.2. The first-order valence-electron chi connectivity index (χ1n) is 11.5. The van der Waals surface area contributed by atoms with Crippen LogP contribution >= 0.6 is 7.82 Å². The lowest BCUT2D eigenvalue weighted by atomic mass is 9.93. The van der Waals surface area contributed by atoms with Crippen LogP contribution in [0.25, 0.3) is 5.52 Å². The molecule has 0 aliphatic carbocycles. The lowest BCUT2D eigenvalue weighted by Crippen LogP contribution is -2.39. The summed E-state index contributed by atoms with van der Waals surface area (Å²) in [5.41, 5.74) is 3.63. The third-order valence-corrected chi connectivity index (χ3v) is 7.14. The summed E-state index contributed by atoms with van der Waals surface area (Å²) in [6.45, 7) is 10.3. The summed E-state index contributed by atoms with van der Waals surface area (Å²) in [4.78, 5) is 16.0. The highest BCUT2D eigenvalue weighted by Gasteiger charge is 2.54. The molecule has 4 N–H and O–H groups in total. The molecule has 208 valence electrons. The van der Waals surface area contributed by atoms with E-state index in [-0.39, 0.29) is 5.82 Å². The van der Waals surface area contributed by atoms with Crippen molar-refractivity contribution in [3.05, 3.63) is 24.2 Å². The Bertz CT molecular complexity index is 1140. The zero-order chi connectivity index (χ0) is 27.8. The van der Waals surface area contributed by atoms with Gasteiger partial charge in [0.15, 0.2) is 5.82 Å². The van der Waals surface area contributed by atoms with Crippen LogP contribution in [0, 0.1) is 0 Å². The number of aromatic nitrogens is 3. The van der Waals surface area contributed by atoms with Gasteiger partial charge in [-0.2, -0.15) is 5.10 Å². The molecule has 0 bridgehead atoms. The number of carbonyl (C=O) groups excluding carboxylic acids is 1. The van der Waals surface area contributed by atoms with Gasteiger partial charge in [-0.1, -0.05) is 0 Å². The van der Waals surface area contributed by atoms with Crippen molar-refractivity contribution in [1.82, 2.24) is 14.6 Å². The van der Waals surface area contributed by atoms with E-state index in [1.54, 1.807) is 60.6 Å². The highest BCUT2D eigenvalue weighted by Crippen LogP contribution is 2.55. The Morgan fingerprint density at radius 3 is 2.38 bits per heavy atom. The number of anilines is 1. The molecule has 37 heavy (non-hydrogen) atoms. The normalized spacial score (nSPS) is 24.9. The molecule has 4 atom stereocenters. The number of hydrogen-bond acceptors (Lipinski definition) is 13. The van der Waals surface area contributed by atoms with Gasteiger partial charge in [0.2, 0.25) is 6.79 Å². The lowest BCUT2D eigenvalue weighted by molar-refractivity contribution is -0.0975. The van der Waals surface area contributed by atoms with Crippen LogP contribution in [0.2, 0.25) is 0 Å². The van der Waals surface area contributed by atoms with Gasteiger partial charge in [-0.3, -0.25) is 9.05 Å². The molecule has 1 fully saturated rings. The van der Waals surface area contributed by atoms with Crippen molar-refractivity contribution in [2.75, 3.05) is 19.1 Å². The number of hydrogen-bond donors (Lipinski definition) is 3. The Kier molecular flexibility index (Phi) is 8.26. The summed E-state index contributed by atoms with van der Waals surface area (Å²) in [7, 11) is -4.10. The number of nitrogen functional groups attached to an aromatic ring is 1. The molecule has 0 aromatic carbocycles. The fourth-order valence-electron chi connectivity index (χ4n) is 3.73. The van der Waals surface area contributed by atoms with Gasteiger partial charge < -0.3 is 30.2 Å². The SMILES string of the molecule is CC(C)(C)OP(=O)(OCOC(=O)OC[C@H]1O[C@@](C)(c2ccc3c(N)ncnn23)[C@H](O)[C@@H]1O)OC(C)(C)C. The van der Waals surface area contributed by atoms with Gasteiger partial charge in [-0.25, -0.2) is 23.4 Å². The van der Waals surface area contributed by atoms with Crippen molar-refractivity contribution < 1.29 is 47.4 Å². The van der Waals surface area contributed by atoms with Gasteiger partial charge in [-0.15, -0.1) is 0 Å². The van der Waals surface area contributed by atoms with E-state index >= 15 is 0 Å². The van der Waals surface area contributed by atoms with Crippen LogP contribution in [0.1, 0.15) is 54.2 Å². The number of phosphoric ester groups is 1. The summed E-state index contributed by atoms with van der Waals surface area (Å²) < 4.78 is 46.2. The highest BCUT2D eigenvalue weighted by molar-refractivity contribution is 7.48. The largest absolute Gasteiger partial charge is 0.510 e. The van der Waals surface area contributed by atoms with Gasteiger partial charge in [0.05, 0.1) is 16.9 Å². The fourth-order valence-corrected chi connectivity index (χ4v) is 5.40. The molecule has 0 amide bonds. The Balaban J connectivity index is 1.59. The molecular formula is C22H35N4O10P. The number of phosphoric acid groups is 1. The molecule has 3 heterocycles. The van der Waals surface area contributed by atoms with Gasteiger partial charge in [0, 0.05) is 0 Å². The average Bonchev–Trinajstić information content (AvgIpc) is 3.26. The number of fused-ring (bicyclic) bond motifs is 1. The number of nitrogens with zero attached hydrogens (tertiary/aromatic N) is 3. The minimum Gasteiger partial charge on any atom is -0.431 e. The molecule has 3 rings (SSSR count). The molecule has 1 aliphatic rings. The summed E-state index contributed by atoms with van der Waals surface area (Å²) in [6, 6.07) is 3.30. The molecule has 0 unspecified atom stereocenters. The van der Waals surface area contributed by atoms with Crippen LogP contribution in [0.5, 0.6) is 0 Å². The van der Waals surface area contributed by atoms with Gasteiger partial charge in [0.25, 0.3) is 0 Å². The summed E-state index contributed by atoms with van der Waals surface area (Å²) in [5, 5.41) is 25.5. The predicted molar refractivity (Wildman–Crippen MR) is 129 cm³/mol. The maximum Gasteiger partial charge on any atom is 0.510 e. The maximum atomic E-state index is 13.0. The number of nitrogens with two attached hydrogens (primary N) is 1. The third-order valence-electron chi connectivity index (χ3n) is 5.18. The minimum absolute atomic E-state index is 0.230. The molecular weight excluding hydrogens is 511 g/mol. The summed E-state index contributed by atoms with van der Waals surface area (Å²) >= 11 is 0. The third kappa shape index (κ3) is 6.96. The minimum atomic E-state index is -4.10. The van der Waals surface area contributed by atoms with Crippen LogP contribution in [-0.4, -0.2) is 73.9 Å². The quantitative estimate of drug-likeness (QED) is 0.249. The van der Waals surface area contributed by atoms with Gasteiger partial charge in [0.1, 0.15) is 42.4 Å². The van der Waals surface area contributed by atoms with Crippen LogP contribution in [-0.2, 0) is 37.9 Å². The molecule has 2 aromatic rings. The molecule has 0 radical (unpaired) electrons. The van der Waals surface area contributed by atoms with Crippen molar-refractivity contribution in [2.45, 2.75) is 83.6 Å². The van der Waals surface area contributed by atoms with Crippen LogP contribution < -0.4 is 5.73 Å². The second-order valence-electron chi connectivity index (χ2n) is 10.7. The lowest BCUT2D eigenvalue weighted by Gasteiger charge is -2.30. The van der Waals surface area contributed by atoms with E-state index in [0.29, 0.717) is 11.2 Å². The first kappa shape index (κ1) is 29.2. The van der Waals surface area contributed by atoms with Crippen molar-refractivity contribution in [3.8, 4) is 0 Å². The van der Waals surface area contributed by atoms with E-state index in [9.17, 15) is 19.6 Å². The molecule has 1 saturated heterocycles. The van der Waals surface area contributed by atoms with Gasteiger partial charge in [-0.05, 0) is 60.6 Å². The Morgan fingerprint density at radius 2 is 1.78 bits per heavy atom. The number of ether oxygens (including phenoxy) is 3. The van der Waals surface area contributed by atoms with Crippen molar-refractivity contribution >= 4 is 25.3 Å². The van der Waals surface area contributed by atoms with E-state index in [0.717, 1.165) is 0 Å². The van der Waals surface area contributed by atoms with Crippen molar-refractivity contribution in [1.29, 1.82) is 0 Å². The van der Waals surface area contributed by atoms with E-state index in [2.05, 4.69) is 10.1 Å². The fraction of sp³-hybridized carbons (Fsp3) is 0.682. The van der Waals surface area contributed by atoms with Crippen LogP contribution in [0.4, 0.5) is 10.6 Å².